The third-order valence-electron chi connectivity index (χ3n) is 5.48. The summed E-state index contributed by atoms with van der Waals surface area (Å²) < 4.78 is 11.5. The molecule has 2 fully saturated rings. The minimum absolute atomic E-state index is 0.000704. The number of hydrogen-bond donors (Lipinski definition) is 0. The van der Waals surface area contributed by atoms with E-state index in [0.29, 0.717) is 52.0 Å². The Bertz CT molecular complexity index is 674. The summed E-state index contributed by atoms with van der Waals surface area (Å²) in [6.07, 6.45) is 2.37. The number of amides is 2. The molecule has 3 aliphatic heterocycles. The van der Waals surface area contributed by atoms with Crippen molar-refractivity contribution in [3.05, 3.63) is 29.8 Å². The molecular formula is C19H24N2O4. The maximum atomic E-state index is 13.2. The number of hydrogen-bond acceptors (Lipinski definition) is 4. The van der Waals surface area contributed by atoms with Crippen LogP contribution in [0.3, 0.4) is 0 Å². The number of piperidine rings is 1. The van der Waals surface area contributed by atoms with E-state index in [2.05, 4.69) is 0 Å². The van der Waals surface area contributed by atoms with E-state index in [1.165, 1.54) is 0 Å². The molecule has 3 aliphatic rings. The molecule has 134 valence electrons. The van der Waals surface area contributed by atoms with E-state index in [1.54, 1.807) is 4.90 Å². The zero-order valence-electron chi connectivity index (χ0n) is 14.6. The van der Waals surface area contributed by atoms with E-state index in [9.17, 15) is 9.59 Å². The lowest BCUT2D eigenvalue weighted by Gasteiger charge is -2.39. The number of para-hydroxylation sites is 1. The molecule has 0 radical (unpaired) electrons. The van der Waals surface area contributed by atoms with Gasteiger partial charge in [0.25, 0.3) is 0 Å². The third-order valence-corrected chi connectivity index (χ3v) is 5.48. The predicted molar refractivity (Wildman–Crippen MR) is 92.2 cm³/mol. The van der Waals surface area contributed by atoms with Crippen molar-refractivity contribution in [1.29, 1.82) is 0 Å². The van der Waals surface area contributed by atoms with Crippen molar-refractivity contribution in [3.63, 3.8) is 0 Å². The van der Waals surface area contributed by atoms with Crippen LogP contribution in [0.5, 0.6) is 0 Å². The van der Waals surface area contributed by atoms with Gasteiger partial charge >= 0.3 is 0 Å². The van der Waals surface area contributed by atoms with Crippen molar-refractivity contribution >= 4 is 17.5 Å². The highest BCUT2D eigenvalue weighted by molar-refractivity contribution is 6.03. The number of fused-ring (bicyclic) bond motifs is 1. The second kappa shape index (κ2) is 6.42. The number of nitrogens with zero attached hydrogens (tertiary/aromatic N) is 2. The smallest absolute Gasteiger partial charge is 0.246 e. The summed E-state index contributed by atoms with van der Waals surface area (Å²) in [7, 11) is 0. The zero-order chi connectivity index (χ0) is 17.4. The molecule has 0 aromatic heterocycles. The van der Waals surface area contributed by atoms with Crippen molar-refractivity contribution < 1.29 is 19.1 Å². The highest BCUT2D eigenvalue weighted by Gasteiger charge is 2.44. The van der Waals surface area contributed by atoms with E-state index in [4.69, 9.17) is 9.47 Å². The molecule has 1 atom stereocenters. The lowest BCUT2D eigenvalue weighted by Crippen LogP contribution is -2.54. The molecule has 0 saturated carbocycles. The number of rotatable bonds is 2. The van der Waals surface area contributed by atoms with Crippen LogP contribution in [0.25, 0.3) is 0 Å². The molecule has 0 bridgehead atoms. The molecule has 3 heterocycles. The topological polar surface area (TPSA) is 59.1 Å². The fourth-order valence-electron chi connectivity index (χ4n) is 4.13. The maximum Gasteiger partial charge on any atom is 0.246 e. The number of carbonyl (C=O) groups is 2. The minimum atomic E-state index is -0.492. The molecule has 0 aliphatic carbocycles. The van der Waals surface area contributed by atoms with Gasteiger partial charge in [-0.05, 0) is 11.6 Å². The summed E-state index contributed by atoms with van der Waals surface area (Å²) in [4.78, 5) is 29.2. The van der Waals surface area contributed by atoms with Crippen LogP contribution in [0.1, 0.15) is 31.7 Å². The summed E-state index contributed by atoms with van der Waals surface area (Å²) in [6.45, 7) is 4.32. The molecule has 0 N–H and O–H groups in total. The first kappa shape index (κ1) is 16.5. The number of carbonyl (C=O) groups excluding carboxylic acids is 2. The lowest BCUT2D eigenvalue weighted by atomic mass is 10.0. The van der Waals surface area contributed by atoms with Gasteiger partial charge in [-0.25, -0.2) is 0 Å². The van der Waals surface area contributed by atoms with E-state index >= 15 is 0 Å². The highest BCUT2D eigenvalue weighted by Crippen LogP contribution is 2.35. The van der Waals surface area contributed by atoms with Crippen LogP contribution < -0.4 is 4.90 Å². The van der Waals surface area contributed by atoms with Gasteiger partial charge in [-0.15, -0.1) is 0 Å². The number of anilines is 1. The Labute approximate surface area is 147 Å². The summed E-state index contributed by atoms with van der Waals surface area (Å²) in [5.74, 6) is -0.459. The van der Waals surface area contributed by atoms with Crippen LogP contribution in [0.4, 0.5) is 5.69 Å². The maximum absolute atomic E-state index is 13.2. The predicted octanol–water partition coefficient (Wildman–Crippen LogP) is 1.72. The van der Waals surface area contributed by atoms with Crippen molar-refractivity contribution in [3.8, 4) is 0 Å². The Kier molecular flexibility index (Phi) is 4.25. The normalized spacial score (nSPS) is 24.6. The van der Waals surface area contributed by atoms with Crippen LogP contribution in [0, 0.1) is 0 Å². The van der Waals surface area contributed by atoms with Gasteiger partial charge in [0.1, 0.15) is 6.04 Å². The molecule has 25 heavy (non-hydrogen) atoms. The Balaban J connectivity index is 1.51. The van der Waals surface area contributed by atoms with Crippen molar-refractivity contribution in [2.45, 2.75) is 44.4 Å². The van der Waals surface area contributed by atoms with Crippen LogP contribution in [-0.4, -0.2) is 54.8 Å². The van der Waals surface area contributed by atoms with Crippen molar-refractivity contribution in [1.82, 2.24) is 4.90 Å². The molecule has 6 heteroatoms. The highest BCUT2D eigenvalue weighted by atomic mass is 16.7. The van der Waals surface area contributed by atoms with E-state index in [-0.39, 0.29) is 11.8 Å². The summed E-state index contributed by atoms with van der Waals surface area (Å²) in [5.41, 5.74) is 1.95. The molecule has 1 aromatic rings. The fourth-order valence-corrected chi connectivity index (χ4v) is 4.13. The first-order valence-corrected chi connectivity index (χ1v) is 9.10. The van der Waals surface area contributed by atoms with E-state index in [0.717, 1.165) is 11.3 Å². The Morgan fingerprint density at radius 1 is 1.16 bits per heavy atom. The Morgan fingerprint density at radius 3 is 2.52 bits per heavy atom. The van der Waals surface area contributed by atoms with Crippen LogP contribution in [0.2, 0.25) is 0 Å². The lowest BCUT2D eigenvalue weighted by molar-refractivity contribution is -0.187. The molecule has 2 saturated heterocycles. The molecule has 1 aromatic carbocycles. The summed E-state index contributed by atoms with van der Waals surface area (Å²) >= 11 is 0. The van der Waals surface area contributed by atoms with E-state index in [1.807, 2.05) is 36.1 Å². The van der Waals surface area contributed by atoms with Gasteiger partial charge in [-0.1, -0.05) is 25.1 Å². The summed E-state index contributed by atoms with van der Waals surface area (Å²) in [5, 5.41) is 0. The van der Waals surface area contributed by atoms with Gasteiger partial charge in [0, 0.05) is 44.5 Å². The van der Waals surface area contributed by atoms with E-state index < -0.39 is 11.8 Å². The molecule has 1 spiro atoms. The monoisotopic (exact) mass is 344 g/mol. The number of benzene rings is 1. The fraction of sp³-hybridized carbons (Fsp3) is 0.579. The quantitative estimate of drug-likeness (QED) is 0.820. The minimum Gasteiger partial charge on any atom is -0.347 e. The number of ether oxygens (including phenoxy) is 2. The Morgan fingerprint density at radius 2 is 1.84 bits per heavy atom. The molecule has 0 unspecified atom stereocenters. The second-order valence-electron chi connectivity index (χ2n) is 6.90. The van der Waals surface area contributed by atoms with Gasteiger partial charge in [-0.2, -0.15) is 0 Å². The SMILES string of the molecule is CCC(=O)N1c2ccccc2C[C@@H]1C(=O)N1CCC2(CC1)OCCO2. The van der Waals surface area contributed by atoms with Gasteiger partial charge in [-0.3, -0.25) is 14.5 Å². The average Bonchev–Trinajstić information content (AvgIpc) is 3.26. The molecular weight excluding hydrogens is 320 g/mol. The Hall–Kier alpha value is -1.92. The van der Waals surface area contributed by atoms with Gasteiger partial charge in [0.05, 0.1) is 13.2 Å². The average molecular weight is 344 g/mol. The standard InChI is InChI=1S/C19H24N2O4/c1-2-17(22)21-15-6-4-3-5-14(15)13-16(21)18(23)20-9-7-19(8-10-20)24-11-12-25-19/h3-6,16H,2,7-13H2,1H3/t16-/m1/s1. The van der Waals surface area contributed by atoms with Crippen LogP contribution in [-0.2, 0) is 25.5 Å². The zero-order valence-corrected chi connectivity index (χ0v) is 14.6. The summed E-state index contributed by atoms with van der Waals surface area (Å²) in [6, 6.07) is 7.39. The first-order valence-electron chi connectivity index (χ1n) is 9.10. The second-order valence-corrected chi connectivity index (χ2v) is 6.90. The van der Waals surface area contributed by atoms with Gasteiger partial charge < -0.3 is 14.4 Å². The van der Waals surface area contributed by atoms with Crippen molar-refractivity contribution in [2.24, 2.45) is 0 Å². The van der Waals surface area contributed by atoms with Crippen LogP contribution >= 0.6 is 0 Å². The molecule has 2 amide bonds. The van der Waals surface area contributed by atoms with Gasteiger partial charge in [0.15, 0.2) is 5.79 Å². The molecule has 4 rings (SSSR count). The first-order chi connectivity index (χ1) is 12.1. The third kappa shape index (κ3) is 2.83. The molecule has 6 nitrogen and oxygen atoms in total. The van der Waals surface area contributed by atoms with Crippen molar-refractivity contribution in [2.75, 3.05) is 31.2 Å². The van der Waals surface area contributed by atoms with Gasteiger partial charge in [0.2, 0.25) is 11.8 Å². The number of likely N-dealkylation sites (tertiary alicyclic amines) is 1. The van der Waals surface area contributed by atoms with Crippen LogP contribution in [0.15, 0.2) is 24.3 Å². The largest absolute Gasteiger partial charge is 0.347 e.